The van der Waals surface area contributed by atoms with E-state index in [9.17, 15) is 4.79 Å². The molecule has 2 aromatic rings. The van der Waals surface area contributed by atoms with E-state index >= 15 is 0 Å². The first-order valence-electron chi connectivity index (χ1n) is 6.06. The highest BCUT2D eigenvalue weighted by Gasteiger charge is 2.07. The standard InChI is InChI=1S/C15H15N3O/c1-10-4-5-11(2)14(6-10)9-18-15(19)7-13(8-16)12(3)17-18/h4-7H,9H2,1-3H3. The van der Waals surface area contributed by atoms with Crippen LogP contribution in [0.5, 0.6) is 0 Å². The Kier molecular flexibility index (Phi) is 3.48. The number of hydrogen-bond donors (Lipinski definition) is 0. The van der Waals surface area contributed by atoms with Gasteiger partial charge in [-0.3, -0.25) is 4.79 Å². The van der Waals surface area contributed by atoms with E-state index in [1.165, 1.54) is 10.7 Å². The summed E-state index contributed by atoms with van der Waals surface area (Å²) in [5, 5.41) is 13.1. The average Bonchev–Trinajstić information content (AvgIpc) is 2.37. The minimum absolute atomic E-state index is 0.247. The number of aromatic nitrogens is 2. The van der Waals surface area contributed by atoms with E-state index < -0.39 is 0 Å². The first kappa shape index (κ1) is 13.0. The van der Waals surface area contributed by atoms with Gasteiger partial charge in [-0.25, -0.2) is 4.68 Å². The minimum Gasteiger partial charge on any atom is -0.268 e. The van der Waals surface area contributed by atoms with Crippen LogP contribution in [0.1, 0.15) is 27.9 Å². The predicted molar refractivity (Wildman–Crippen MR) is 73.0 cm³/mol. The van der Waals surface area contributed by atoms with E-state index in [-0.39, 0.29) is 5.56 Å². The van der Waals surface area contributed by atoms with Gasteiger partial charge in [-0.15, -0.1) is 0 Å². The molecule has 1 heterocycles. The summed E-state index contributed by atoms with van der Waals surface area (Å²) in [6, 6.07) is 9.44. The van der Waals surface area contributed by atoms with E-state index in [2.05, 4.69) is 11.2 Å². The molecule has 0 aliphatic rings. The Hall–Kier alpha value is -2.41. The molecule has 1 aromatic carbocycles. The Morgan fingerprint density at radius 3 is 2.68 bits per heavy atom. The van der Waals surface area contributed by atoms with Crippen molar-refractivity contribution in [2.75, 3.05) is 0 Å². The van der Waals surface area contributed by atoms with Gasteiger partial charge in [-0.2, -0.15) is 10.4 Å². The van der Waals surface area contributed by atoms with Gasteiger partial charge in [-0.1, -0.05) is 23.8 Å². The molecule has 0 aliphatic heterocycles. The lowest BCUT2D eigenvalue weighted by Gasteiger charge is -2.09. The van der Waals surface area contributed by atoms with Crippen molar-refractivity contribution in [2.24, 2.45) is 0 Å². The predicted octanol–water partition coefficient (Wildman–Crippen LogP) is 2.09. The minimum atomic E-state index is -0.247. The third-order valence-electron chi connectivity index (χ3n) is 3.13. The lowest BCUT2D eigenvalue weighted by atomic mass is 10.1. The van der Waals surface area contributed by atoms with Crippen LogP contribution in [0.2, 0.25) is 0 Å². The van der Waals surface area contributed by atoms with Gasteiger partial charge in [0.15, 0.2) is 0 Å². The molecule has 4 nitrogen and oxygen atoms in total. The number of nitriles is 1. The third kappa shape index (κ3) is 2.71. The molecule has 1 aromatic heterocycles. The van der Waals surface area contributed by atoms with Crippen LogP contribution in [0.4, 0.5) is 0 Å². The number of benzene rings is 1. The van der Waals surface area contributed by atoms with Crippen molar-refractivity contribution in [2.45, 2.75) is 27.3 Å². The van der Waals surface area contributed by atoms with Gasteiger partial charge in [0.05, 0.1) is 17.8 Å². The SMILES string of the molecule is Cc1ccc(C)c(Cn2nc(C)c(C#N)cc2=O)c1. The van der Waals surface area contributed by atoms with Crippen molar-refractivity contribution >= 4 is 0 Å². The first-order chi connectivity index (χ1) is 9.01. The molecule has 0 radical (unpaired) electrons. The highest BCUT2D eigenvalue weighted by Crippen LogP contribution is 2.11. The van der Waals surface area contributed by atoms with Crippen LogP contribution < -0.4 is 5.56 Å². The maximum absolute atomic E-state index is 11.9. The molecule has 0 spiro atoms. The summed E-state index contributed by atoms with van der Waals surface area (Å²) in [5.41, 5.74) is 4.01. The quantitative estimate of drug-likeness (QED) is 0.823. The van der Waals surface area contributed by atoms with Crippen LogP contribution >= 0.6 is 0 Å². The molecule has 0 saturated carbocycles. The Balaban J connectivity index is 2.45. The molecule has 0 amide bonds. The zero-order valence-electron chi connectivity index (χ0n) is 11.3. The van der Waals surface area contributed by atoms with E-state index in [1.807, 2.05) is 32.0 Å². The van der Waals surface area contributed by atoms with Crippen molar-refractivity contribution in [3.8, 4) is 6.07 Å². The van der Waals surface area contributed by atoms with Crippen LogP contribution in [0.3, 0.4) is 0 Å². The van der Waals surface area contributed by atoms with Gasteiger partial charge in [0, 0.05) is 6.07 Å². The summed E-state index contributed by atoms with van der Waals surface area (Å²) in [5.74, 6) is 0. The Morgan fingerprint density at radius 1 is 1.26 bits per heavy atom. The fourth-order valence-electron chi connectivity index (χ4n) is 1.95. The second-order valence-electron chi connectivity index (χ2n) is 4.68. The topological polar surface area (TPSA) is 58.7 Å². The molecule has 0 fully saturated rings. The second kappa shape index (κ2) is 5.07. The monoisotopic (exact) mass is 253 g/mol. The van der Waals surface area contributed by atoms with Crippen LogP contribution in [0, 0.1) is 32.1 Å². The van der Waals surface area contributed by atoms with Gasteiger partial charge in [-0.05, 0) is 31.9 Å². The van der Waals surface area contributed by atoms with Gasteiger partial charge < -0.3 is 0 Å². The van der Waals surface area contributed by atoms with Crippen molar-refractivity contribution < 1.29 is 0 Å². The largest absolute Gasteiger partial charge is 0.268 e. The number of hydrogen-bond acceptors (Lipinski definition) is 3. The summed E-state index contributed by atoms with van der Waals surface area (Å²) in [4.78, 5) is 11.9. The molecule has 2 rings (SSSR count). The van der Waals surface area contributed by atoms with E-state index in [4.69, 9.17) is 5.26 Å². The van der Waals surface area contributed by atoms with Crippen molar-refractivity contribution in [1.82, 2.24) is 9.78 Å². The van der Waals surface area contributed by atoms with Crippen molar-refractivity contribution in [3.05, 3.63) is 62.6 Å². The molecule has 0 unspecified atom stereocenters. The first-order valence-corrected chi connectivity index (χ1v) is 6.06. The maximum Gasteiger partial charge on any atom is 0.268 e. The highest BCUT2D eigenvalue weighted by atomic mass is 16.1. The van der Waals surface area contributed by atoms with Crippen LogP contribution in [0.25, 0.3) is 0 Å². The normalized spacial score (nSPS) is 10.2. The molecular weight excluding hydrogens is 238 g/mol. The molecule has 4 heteroatoms. The molecule has 0 N–H and O–H groups in total. The Morgan fingerprint density at radius 2 is 2.00 bits per heavy atom. The van der Waals surface area contributed by atoms with Crippen LogP contribution in [0.15, 0.2) is 29.1 Å². The molecular formula is C15H15N3O. The Bertz CT molecular complexity index is 723. The summed E-state index contributed by atoms with van der Waals surface area (Å²) in [7, 11) is 0. The van der Waals surface area contributed by atoms with Crippen LogP contribution in [-0.2, 0) is 6.54 Å². The highest BCUT2D eigenvalue weighted by molar-refractivity contribution is 5.32. The van der Waals surface area contributed by atoms with E-state index in [0.717, 1.165) is 16.7 Å². The summed E-state index contributed by atoms with van der Waals surface area (Å²) in [6.07, 6.45) is 0. The average molecular weight is 253 g/mol. The molecule has 0 aliphatic carbocycles. The molecule has 96 valence electrons. The fraction of sp³-hybridized carbons (Fsp3) is 0.267. The third-order valence-corrected chi connectivity index (χ3v) is 3.13. The maximum atomic E-state index is 11.9. The summed E-state index contributed by atoms with van der Waals surface area (Å²) in [6.45, 7) is 6.19. The second-order valence-corrected chi connectivity index (χ2v) is 4.68. The van der Waals surface area contributed by atoms with Gasteiger partial charge >= 0.3 is 0 Å². The Labute approximate surface area is 111 Å². The number of rotatable bonds is 2. The van der Waals surface area contributed by atoms with Crippen LogP contribution in [-0.4, -0.2) is 9.78 Å². The van der Waals surface area contributed by atoms with Gasteiger partial charge in [0.2, 0.25) is 0 Å². The van der Waals surface area contributed by atoms with Gasteiger partial charge in [0.25, 0.3) is 5.56 Å². The summed E-state index contributed by atoms with van der Waals surface area (Å²) < 4.78 is 1.40. The molecule has 0 saturated heterocycles. The smallest absolute Gasteiger partial charge is 0.268 e. The zero-order valence-corrected chi connectivity index (χ0v) is 11.3. The number of nitrogens with zero attached hydrogens (tertiary/aromatic N) is 3. The molecule has 0 bridgehead atoms. The fourth-order valence-corrected chi connectivity index (χ4v) is 1.95. The lowest BCUT2D eigenvalue weighted by Crippen LogP contribution is -2.24. The van der Waals surface area contributed by atoms with Crippen molar-refractivity contribution in [1.29, 1.82) is 5.26 Å². The zero-order chi connectivity index (χ0) is 14.0. The van der Waals surface area contributed by atoms with Crippen molar-refractivity contribution in [3.63, 3.8) is 0 Å². The van der Waals surface area contributed by atoms with E-state index in [1.54, 1.807) is 6.92 Å². The molecule has 0 atom stereocenters. The van der Waals surface area contributed by atoms with E-state index in [0.29, 0.717) is 17.8 Å². The number of aryl methyl sites for hydroxylation is 3. The summed E-state index contributed by atoms with van der Waals surface area (Å²) >= 11 is 0. The molecule has 19 heavy (non-hydrogen) atoms. The lowest BCUT2D eigenvalue weighted by molar-refractivity contribution is 0.625. The van der Waals surface area contributed by atoms with Gasteiger partial charge in [0.1, 0.15) is 6.07 Å².